The van der Waals surface area contributed by atoms with Crippen molar-refractivity contribution >= 4 is 16.7 Å². The van der Waals surface area contributed by atoms with E-state index >= 15 is 0 Å². The third-order valence-electron chi connectivity index (χ3n) is 3.15. The minimum absolute atomic E-state index is 0.199. The molecule has 0 saturated heterocycles. The van der Waals surface area contributed by atoms with Gasteiger partial charge in [0.05, 0.1) is 10.9 Å². The minimum Gasteiger partial charge on any atom is -0.447 e. The lowest BCUT2D eigenvalue weighted by Crippen LogP contribution is -2.68. The average Bonchev–Trinajstić information content (AvgIpc) is 2.53. The molecule has 0 amide bonds. The summed E-state index contributed by atoms with van der Waals surface area (Å²) < 4.78 is 39.9. The highest BCUT2D eigenvalue weighted by Crippen LogP contribution is 2.43. The summed E-state index contributed by atoms with van der Waals surface area (Å²) in [5, 5.41) is 0. The molecule has 128 valence electrons. The number of ether oxygens (including phenoxy) is 1. The first-order chi connectivity index (χ1) is 11.3. The number of fused-ring (bicyclic) bond motifs is 2. The van der Waals surface area contributed by atoms with Crippen LogP contribution in [0.5, 0.6) is 11.5 Å². The predicted molar refractivity (Wildman–Crippen MR) is 77.0 cm³/mol. The number of Topliss-reactive ketones (excluding diaryl/α,β-unsaturated/α-hetero) is 1. The molecule has 1 aliphatic rings. The Morgan fingerprint density at radius 2 is 1.38 bits per heavy atom. The van der Waals surface area contributed by atoms with E-state index in [-0.39, 0.29) is 10.9 Å². The first kappa shape index (κ1) is 18.7. The molecule has 0 unspecified atom stereocenters. The third kappa shape index (κ3) is 5.20. The van der Waals surface area contributed by atoms with Crippen molar-refractivity contribution in [3.8, 4) is 11.5 Å². The van der Waals surface area contributed by atoms with Gasteiger partial charge in [0, 0.05) is 6.42 Å². The smallest absolute Gasteiger partial charge is 0.203 e. The van der Waals surface area contributed by atoms with Crippen molar-refractivity contribution in [2.75, 3.05) is 5.75 Å². The zero-order chi connectivity index (χ0) is 17.7. The van der Waals surface area contributed by atoms with Gasteiger partial charge in [0.2, 0.25) is 9.79 Å². The van der Waals surface area contributed by atoms with Crippen LogP contribution in [0.3, 0.4) is 0 Å². The van der Waals surface area contributed by atoms with Gasteiger partial charge in [0.25, 0.3) is 0 Å². The summed E-state index contributed by atoms with van der Waals surface area (Å²) in [6.07, 6.45) is 0.592. The predicted octanol–water partition coefficient (Wildman–Crippen LogP) is -0.948. The van der Waals surface area contributed by atoms with Gasteiger partial charge < -0.3 is 4.74 Å². The van der Waals surface area contributed by atoms with E-state index < -0.39 is 10.2 Å². The Hall–Kier alpha value is -1.61. The molecular formula is C16H15ClO6S. The zero-order valence-corrected chi connectivity index (χ0v) is 14.3. The lowest BCUT2D eigenvalue weighted by atomic mass is 10.3. The van der Waals surface area contributed by atoms with Gasteiger partial charge in [0.1, 0.15) is 0 Å². The van der Waals surface area contributed by atoms with Crippen LogP contribution in [0.2, 0.25) is 0 Å². The molecule has 0 aliphatic carbocycles. The SMILES string of the molecule is CCC(=O)C[S+]1c2ccccc2Oc2ccccc21.[O-][Cl+3]([O-])([O-])[O-]. The molecule has 6 nitrogen and oxygen atoms in total. The lowest BCUT2D eigenvalue weighted by molar-refractivity contribution is -2.00. The van der Waals surface area contributed by atoms with Crippen LogP contribution in [0.15, 0.2) is 58.3 Å². The Balaban J connectivity index is 0.000000368. The third-order valence-corrected chi connectivity index (χ3v) is 5.50. The second-order valence-electron chi connectivity index (χ2n) is 4.80. The van der Waals surface area contributed by atoms with E-state index in [1.165, 1.54) is 0 Å². The molecule has 3 rings (SSSR count). The summed E-state index contributed by atoms with van der Waals surface area (Å²) in [5.41, 5.74) is 0. The topological polar surface area (TPSA) is 119 Å². The fourth-order valence-electron chi connectivity index (χ4n) is 2.13. The van der Waals surface area contributed by atoms with Crippen molar-refractivity contribution in [2.45, 2.75) is 23.1 Å². The molecule has 1 heterocycles. The van der Waals surface area contributed by atoms with Crippen LogP contribution in [0.4, 0.5) is 0 Å². The van der Waals surface area contributed by atoms with Crippen LogP contribution < -0.4 is 23.4 Å². The molecule has 24 heavy (non-hydrogen) atoms. The number of carbonyl (C=O) groups is 1. The highest BCUT2D eigenvalue weighted by molar-refractivity contribution is 7.97. The van der Waals surface area contributed by atoms with E-state index in [0.717, 1.165) is 21.3 Å². The highest BCUT2D eigenvalue weighted by Gasteiger charge is 2.37. The summed E-state index contributed by atoms with van der Waals surface area (Å²) in [7, 11) is -5.14. The standard InChI is InChI=1S/C16H15O2S.ClHO4/c1-2-12(17)11-19-15-9-5-3-7-13(15)18-14-8-4-6-10-16(14)19;2-1(3,4)5/h3-10H,2,11H2,1H3;(H,2,3,4,5)/q+1;/p-1. The summed E-state index contributed by atoms with van der Waals surface area (Å²) in [6.45, 7) is 1.92. The van der Waals surface area contributed by atoms with Gasteiger partial charge in [-0.1, -0.05) is 31.2 Å². The van der Waals surface area contributed by atoms with E-state index in [1.54, 1.807) is 0 Å². The molecule has 0 radical (unpaired) electrons. The number of hydrogen-bond acceptors (Lipinski definition) is 6. The van der Waals surface area contributed by atoms with E-state index in [4.69, 9.17) is 23.4 Å². The monoisotopic (exact) mass is 370 g/mol. The van der Waals surface area contributed by atoms with Crippen LogP contribution in [-0.4, -0.2) is 11.5 Å². The second-order valence-corrected chi connectivity index (χ2v) is 7.51. The van der Waals surface area contributed by atoms with E-state index in [2.05, 4.69) is 12.1 Å². The molecule has 0 fully saturated rings. The largest absolute Gasteiger partial charge is 0.447 e. The van der Waals surface area contributed by atoms with Crippen LogP contribution in [-0.2, 0) is 15.7 Å². The maximum absolute atomic E-state index is 11.9. The number of halogens is 1. The molecule has 0 saturated carbocycles. The number of benzene rings is 2. The van der Waals surface area contributed by atoms with E-state index in [1.807, 2.05) is 43.3 Å². The molecule has 0 spiro atoms. The summed E-state index contributed by atoms with van der Waals surface area (Å²) in [4.78, 5) is 14.1. The molecule has 1 aliphatic heterocycles. The normalized spacial score (nSPS) is 13.0. The fraction of sp³-hybridized carbons (Fsp3) is 0.188. The van der Waals surface area contributed by atoms with Crippen molar-refractivity contribution in [3.05, 3.63) is 48.5 Å². The first-order valence-electron chi connectivity index (χ1n) is 7.00. The van der Waals surface area contributed by atoms with Crippen molar-refractivity contribution in [1.82, 2.24) is 0 Å². The Labute approximate surface area is 144 Å². The molecule has 8 heteroatoms. The Bertz CT molecular complexity index is 664. The Kier molecular flexibility index (Phi) is 6.22. The molecule has 2 aromatic carbocycles. The van der Waals surface area contributed by atoms with Gasteiger partial charge in [-0.15, -0.1) is 10.2 Å². The highest BCUT2D eigenvalue weighted by atomic mass is 35.7. The average molecular weight is 371 g/mol. The van der Waals surface area contributed by atoms with Crippen LogP contribution in [0.1, 0.15) is 13.3 Å². The first-order valence-corrected chi connectivity index (χ1v) is 9.62. The van der Waals surface area contributed by atoms with Crippen LogP contribution in [0.25, 0.3) is 0 Å². The minimum atomic E-state index is -4.94. The quantitative estimate of drug-likeness (QED) is 0.643. The molecule has 0 N–H and O–H groups in total. The summed E-state index contributed by atoms with van der Waals surface area (Å²) >= 11 is 0. The lowest BCUT2D eigenvalue weighted by Gasteiger charge is -2.19. The van der Waals surface area contributed by atoms with Crippen molar-refractivity contribution in [1.29, 1.82) is 0 Å². The maximum atomic E-state index is 11.9. The van der Waals surface area contributed by atoms with E-state index in [9.17, 15) is 4.79 Å². The number of rotatable bonds is 3. The number of carbonyl (C=O) groups excluding carboxylic acids is 1. The number of ketones is 1. The van der Waals surface area contributed by atoms with Gasteiger partial charge >= 0.3 is 0 Å². The Morgan fingerprint density at radius 1 is 0.958 bits per heavy atom. The van der Waals surface area contributed by atoms with Crippen molar-refractivity contribution in [3.63, 3.8) is 0 Å². The summed E-state index contributed by atoms with van der Waals surface area (Å²) in [6, 6.07) is 16.0. The zero-order valence-electron chi connectivity index (χ0n) is 12.8. The van der Waals surface area contributed by atoms with Crippen molar-refractivity contribution in [2.24, 2.45) is 0 Å². The summed E-state index contributed by atoms with van der Waals surface area (Å²) in [5.74, 6) is 2.64. The van der Waals surface area contributed by atoms with Crippen molar-refractivity contribution < 1.29 is 38.4 Å². The van der Waals surface area contributed by atoms with Crippen LogP contribution in [0, 0.1) is 10.2 Å². The number of hydrogen-bond donors (Lipinski definition) is 0. The van der Waals surface area contributed by atoms with E-state index in [0.29, 0.717) is 18.0 Å². The van der Waals surface area contributed by atoms with Crippen LogP contribution >= 0.6 is 0 Å². The number of para-hydroxylation sites is 2. The molecular weight excluding hydrogens is 356 g/mol. The van der Waals surface area contributed by atoms with Gasteiger partial charge in [-0.25, -0.2) is 18.6 Å². The molecule has 0 atom stereocenters. The maximum Gasteiger partial charge on any atom is 0.203 e. The van der Waals surface area contributed by atoms with Gasteiger partial charge in [0.15, 0.2) is 23.0 Å². The molecule has 2 aromatic rings. The molecule has 0 aromatic heterocycles. The fourth-order valence-corrected chi connectivity index (χ4v) is 4.40. The Morgan fingerprint density at radius 3 is 1.79 bits per heavy atom. The van der Waals surface area contributed by atoms with Gasteiger partial charge in [-0.3, -0.25) is 4.79 Å². The second kappa shape index (κ2) is 7.98. The molecule has 0 bridgehead atoms. The van der Waals surface area contributed by atoms with Gasteiger partial charge in [-0.05, 0) is 24.3 Å². The van der Waals surface area contributed by atoms with Gasteiger partial charge in [-0.2, -0.15) is 0 Å².